The number of rotatable bonds is 9. The van der Waals surface area contributed by atoms with E-state index >= 15 is 0 Å². The second-order valence-electron chi connectivity index (χ2n) is 8.57. The molecule has 0 saturated heterocycles. The quantitative estimate of drug-likeness (QED) is 0.277. The number of imidazole rings is 1. The van der Waals surface area contributed by atoms with Gasteiger partial charge in [-0.2, -0.15) is 5.21 Å². The minimum atomic E-state index is -0.149. The van der Waals surface area contributed by atoms with Gasteiger partial charge in [-0.1, -0.05) is 79.9 Å². The Morgan fingerprint density at radius 1 is 0.944 bits per heavy atom. The number of tetrazole rings is 1. The number of halogens is 1. The number of benzene rings is 2. The summed E-state index contributed by atoms with van der Waals surface area (Å²) in [7, 11) is 0. The number of para-hydroxylation sites is 1. The number of nitrogens with one attached hydrogen (secondary N) is 1. The monoisotopic (exact) mass is 499 g/mol. The molecule has 3 heterocycles. The summed E-state index contributed by atoms with van der Waals surface area (Å²) >= 11 is 6.79. The van der Waals surface area contributed by atoms with Crippen LogP contribution < -0.4 is 5.69 Å². The first-order chi connectivity index (χ1) is 17.7. The molecule has 0 bridgehead atoms. The molecule has 0 spiro atoms. The van der Waals surface area contributed by atoms with Crippen LogP contribution in [0.15, 0.2) is 77.7 Å². The van der Waals surface area contributed by atoms with Gasteiger partial charge in [-0.3, -0.25) is 14.1 Å². The number of hydrogen-bond acceptors (Lipinski definition) is 5. The van der Waals surface area contributed by atoms with E-state index in [1.165, 1.54) is 0 Å². The molecule has 0 atom stereocenters. The van der Waals surface area contributed by atoms with Crippen LogP contribution in [-0.4, -0.2) is 34.7 Å². The van der Waals surface area contributed by atoms with Crippen LogP contribution in [0.1, 0.15) is 37.4 Å². The summed E-state index contributed by atoms with van der Waals surface area (Å²) in [6.45, 7) is 2.55. The van der Waals surface area contributed by atoms with E-state index < -0.39 is 0 Å². The molecular formula is C27H26ClN7O. The highest BCUT2D eigenvalue weighted by Crippen LogP contribution is 2.28. The molecule has 0 aliphatic heterocycles. The number of unbranched alkanes of at least 4 members (excludes halogenated alkanes) is 2. The average molecular weight is 500 g/mol. The van der Waals surface area contributed by atoms with Gasteiger partial charge in [0, 0.05) is 17.3 Å². The highest BCUT2D eigenvalue weighted by Gasteiger charge is 2.20. The van der Waals surface area contributed by atoms with E-state index in [1.54, 1.807) is 15.3 Å². The largest absolute Gasteiger partial charge is 0.334 e. The molecule has 3 aromatic heterocycles. The Bertz CT molecular complexity index is 1490. The third-order valence-electron chi connectivity index (χ3n) is 6.17. The molecule has 0 saturated carbocycles. The number of H-pyrrole nitrogens is 1. The van der Waals surface area contributed by atoms with Crippen LogP contribution in [0.2, 0.25) is 5.15 Å². The average Bonchev–Trinajstić information content (AvgIpc) is 3.53. The van der Waals surface area contributed by atoms with Crippen molar-refractivity contribution in [2.24, 2.45) is 0 Å². The molecule has 36 heavy (non-hydrogen) atoms. The maximum absolute atomic E-state index is 13.5. The molecule has 5 rings (SSSR count). The molecule has 1 N–H and O–H groups in total. The van der Waals surface area contributed by atoms with E-state index in [9.17, 15) is 4.79 Å². The third kappa shape index (κ3) is 4.72. The topological polar surface area (TPSA) is 94.3 Å². The predicted molar refractivity (Wildman–Crippen MR) is 140 cm³/mol. The number of pyridine rings is 1. The van der Waals surface area contributed by atoms with Crippen molar-refractivity contribution in [3.8, 4) is 28.3 Å². The molecule has 0 fully saturated rings. The normalized spacial score (nSPS) is 11.2. The molecule has 0 aliphatic rings. The van der Waals surface area contributed by atoms with Crippen molar-refractivity contribution >= 4 is 11.6 Å². The van der Waals surface area contributed by atoms with E-state index in [-0.39, 0.29) is 5.69 Å². The van der Waals surface area contributed by atoms with Crippen molar-refractivity contribution in [1.29, 1.82) is 0 Å². The third-order valence-corrected chi connectivity index (χ3v) is 6.56. The Hall–Kier alpha value is -4.04. The number of nitrogens with zero attached hydrogens (tertiary/aromatic N) is 6. The second-order valence-corrected chi connectivity index (χ2v) is 8.92. The number of aromatic amines is 1. The summed E-state index contributed by atoms with van der Waals surface area (Å²) in [5.41, 5.74) is 4.91. The summed E-state index contributed by atoms with van der Waals surface area (Å²) in [6.07, 6.45) is 5.69. The highest BCUT2D eigenvalue weighted by molar-refractivity contribution is 6.30. The lowest BCUT2D eigenvalue weighted by atomic mass is 10.0. The Morgan fingerprint density at radius 2 is 1.72 bits per heavy atom. The standard InChI is InChI=1S/C27H26ClN7O/c1-2-3-5-14-24-25(28)35(20-10-6-4-7-11-20)27(36)34(24)18-19-15-16-23(29-17-19)21-12-8-9-13-22(21)26-30-32-33-31-26/h4,6-13,15-17H,2-3,5,14,18H2,1H3,(H,30,31,32,33). The van der Waals surface area contributed by atoms with Crippen LogP contribution in [0.4, 0.5) is 0 Å². The van der Waals surface area contributed by atoms with E-state index in [1.807, 2.05) is 66.7 Å². The van der Waals surface area contributed by atoms with Crippen molar-refractivity contribution < 1.29 is 0 Å². The number of aromatic nitrogens is 7. The molecule has 9 heteroatoms. The summed E-state index contributed by atoms with van der Waals surface area (Å²) in [6, 6.07) is 21.2. The van der Waals surface area contributed by atoms with Gasteiger partial charge in [-0.25, -0.2) is 4.79 Å². The van der Waals surface area contributed by atoms with Gasteiger partial charge in [0.1, 0.15) is 5.15 Å². The van der Waals surface area contributed by atoms with Crippen molar-refractivity contribution in [2.45, 2.75) is 39.2 Å². The molecule has 8 nitrogen and oxygen atoms in total. The molecule has 2 aromatic carbocycles. The summed E-state index contributed by atoms with van der Waals surface area (Å²) in [4.78, 5) is 18.2. The van der Waals surface area contributed by atoms with Gasteiger partial charge >= 0.3 is 5.69 Å². The minimum absolute atomic E-state index is 0.149. The Kier molecular flexibility index (Phi) is 7.04. The molecule has 5 aromatic rings. The van der Waals surface area contributed by atoms with Crippen LogP contribution in [0.3, 0.4) is 0 Å². The Balaban J connectivity index is 1.48. The lowest BCUT2D eigenvalue weighted by molar-refractivity contribution is 0.652. The molecule has 182 valence electrons. The van der Waals surface area contributed by atoms with Gasteiger partial charge in [0.15, 0.2) is 0 Å². The molecule has 0 radical (unpaired) electrons. The van der Waals surface area contributed by atoms with Crippen LogP contribution >= 0.6 is 11.6 Å². The van der Waals surface area contributed by atoms with Gasteiger partial charge in [-0.05, 0) is 41.8 Å². The zero-order chi connectivity index (χ0) is 24.9. The summed E-state index contributed by atoms with van der Waals surface area (Å²) in [5, 5.41) is 14.8. The number of hydrogen-bond donors (Lipinski definition) is 1. The lowest BCUT2D eigenvalue weighted by Crippen LogP contribution is -2.25. The van der Waals surface area contributed by atoms with Crippen molar-refractivity contribution in [1.82, 2.24) is 34.7 Å². The SMILES string of the molecule is CCCCCc1c(Cl)n(-c2ccccc2)c(=O)n1Cc1ccc(-c2ccccc2-c2nn[nH]n2)nc1. The lowest BCUT2D eigenvalue weighted by Gasteiger charge is -2.09. The van der Waals surface area contributed by atoms with E-state index in [0.717, 1.165) is 59.4 Å². The Labute approximate surface area is 213 Å². The first-order valence-corrected chi connectivity index (χ1v) is 12.4. The van der Waals surface area contributed by atoms with Gasteiger partial charge < -0.3 is 0 Å². The van der Waals surface area contributed by atoms with Crippen molar-refractivity contribution in [3.05, 3.63) is 99.8 Å². The maximum atomic E-state index is 13.5. The van der Waals surface area contributed by atoms with Gasteiger partial charge in [-0.15, -0.1) is 10.2 Å². The fraction of sp³-hybridized carbons (Fsp3) is 0.222. The zero-order valence-electron chi connectivity index (χ0n) is 19.9. The molecule has 0 aliphatic carbocycles. The van der Waals surface area contributed by atoms with Crippen LogP contribution in [0.5, 0.6) is 0 Å². The molecule has 0 amide bonds. The molecule has 0 unspecified atom stereocenters. The summed E-state index contributed by atoms with van der Waals surface area (Å²) < 4.78 is 3.36. The maximum Gasteiger partial charge on any atom is 0.334 e. The zero-order valence-corrected chi connectivity index (χ0v) is 20.7. The molecular weight excluding hydrogens is 474 g/mol. The predicted octanol–water partition coefficient (Wildman–Crippen LogP) is 5.32. The van der Waals surface area contributed by atoms with Gasteiger partial charge in [0.2, 0.25) is 5.82 Å². The van der Waals surface area contributed by atoms with Gasteiger partial charge in [0.25, 0.3) is 0 Å². The fourth-order valence-corrected chi connectivity index (χ4v) is 4.71. The van der Waals surface area contributed by atoms with E-state index in [4.69, 9.17) is 16.6 Å². The van der Waals surface area contributed by atoms with Crippen molar-refractivity contribution in [3.63, 3.8) is 0 Å². The van der Waals surface area contributed by atoms with Crippen LogP contribution in [0.25, 0.3) is 28.3 Å². The highest BCUT2D eigenvalue weighted by atomic mass is 35.5. The van der Waals surface area contributed by atoms with Gasteiger partial charge in [0.05, 0.1) is 23.6 Å². The Morgan fingerprint density at radius 3 is 2.42 bits per heavy atom. The van der Waals surface area contributed by atoms with E-state index in [0.29, 0.717) is 17.5 Å². The van der Waals surface area contributed by atoms with E-state index in [2.05, 4.69) is 27.5 Å². The fourth-order valence-electron chi connectivity index (χ4n) is 4.34. The first kappa shape index (κ1) is 23.7. The smallest absolute Gasteiger partial charge is 0.290 e. The minimum Gasteiger partial charge on any atom is -0.290 e. The van der Waals surface area contributed by atoms with Crippen LogP contribution in [-0.2, 0) is 13.0 Å². The second kappa shape index (κ2) is 10.7. The van der Waals surface area contributed by atoms with Crippen LogP contribution in [0, 0.1) is 0 Å². The van der Waals surface area contributed by atoms with Crippen molar-refractivity contribution in [2.75, 3.05) is 0 Å². The summed E-state index contributed by atoms with van der Waals surface area (Å²) in [5.74, 6) is 0.511. The first-order valence-electron chi connectivity index (χ1n) is 12.0.